The van der Waals surface area contributed by atoms with Crippen LogP contribution in [0.15, 0.2) is 0 Å². The number of aliphatic carboxylic acids is 1. The Morgan fingerprint density at radius 2 is 1.01 bits per heavy atom. The van der Waals surface area contributed by atoms with E-state index >= 15 is 0 Å². The average molecular weight is 1040 g/mol. The minimum atomic E-state index is -1.33. The largest absolute Gasteiger partial charge is 0.480 e. The van der Waals surface area contributed by atoms with Crippen LogP contribution in [0.5, 0.6) is 0 Å². The first-order valence-corrected chi connectivity index (χ1v) is 27.4. The van der Waals surface area contributed by atoms with Crippen LogP contribution in [0.25, 0.3) is 0 Å². The van der Waals surface area contributed by atoms with E-state index in [4.69, 9.17) is 24.7 Å². The maximum Gasteiger partial charge on any atom is 0.408 e. The Labute approximate surface area is 431 Å². The van der Waals surface area contributed by atoms with Crippen molar-refractivity contribution < 1.29 is 72.6 Å². The molecule has 4 heterocycles. The van der Waals surface area contributed by atoms with Crippen LogP contribution in [-0.4, -0.2) is 144 Å². The van der Waals surface area contributed by atoms with Crippen molar-refractivity contribution in [1.29, 1.82) is 0 Å². The Balaban J connectivity index is 0.000000262. The minimum Gasteiger partial charge on any atom is -0.480 e. The van der Waals surface area contributed by atoms with E-state index in [0.29, 0.717) is 104 Å². The number of alkyl carbamates (subject to hydrolysis) is 2. The molecule has 6 rings (SSSR count). The highest BCUT2D eigenvalue weighted by Gasteiger charge is 2.45. The molecular formula is C53H89N5O15. The lowest BCUT2D eigenvalue weighted by atomic mass is 9.73. The Hall–Kier alpha value is -4.24. The molecular weight excluding hydrogens is 947 g/mol. The molecule has 20 nitrogen and oxygen atoms in total. The van der Waals surface area contributed by atoms with Gasteiger partial charge in [-0.2, -0.15) is 0 Å². The van der Waals surface area contributed by atoms with Crippen LogP contribution in [0, 0.1) is 29.6 Å². The predicted molar refractivity (Wildman–Crippen MR) is 269 cm³/mol. The molecule has 0 radical (unpaired) electrons. The van der Waals surface area contributed by atoms with Gasteiger partial charge in [-0.3, -0.25) is 24.0 Å². The van der Waals surface area contributed by atoms with Crippen molar-refractivity contribution in [3.05, 3.63) is 0 Å². The highest BCUT2D eigenvalue weighted by Crippen LogP contribution is 2.34. The summed E-state index contributed by atoms with van der Waals surface area (Å²) in [5, 5.41) is 41.3. The number of nitrogens with two attached hydrogens (primary N) is 1. The SMILES string of the molecule is CC(C)[C@H](CC(=O)C1(NC(=O)OC2CCOCC2)CCCCC1)[C@@H](O)C(=O)C[C@H]1CCCCNC1=O.CC(C)[C@H](N)[C@@H](O)C(=O)C[C@H]1CCCCNC1=O.O=C(NC1(C(=O)O)CCCCC1)OC1CCOCC1. The van der Waals surface area contributed by atoms with E-state index in [1.807, 2.05) is 27.7 Å². The average Bonchev–Trinajstić information content (AvgIpc) is 3.71. The van der Waals surface area contributed by atoms with Crippen LogP contribution in [0.3, 0.4) is 0 Å². The Morgan fingerprint density at radius 1 is 0.603 bits per heavy atom. The second-order valence-electron chi connectivity index (χ2n) is 21.8. The van der Waals surface area contributed by atoms with Gasteiger partial charge in [-0.15, -0.1) is 0 Å². The lowest BCUT2D eigenvalue weighted by molar-refractivity contribution is -0.146. The number of carboxylic acid groups (broad SMARTS) is 1. The monoisotopic (exact) mass is 1040 g/mol. The Bertz CT molecular complexity index is 1790. The van der Waals surface area contributed by atoms with Crippen LogP contribution in [0.2, 0.25) is 0 Å². The summed E-state index contributed by atoms with van der Waals surface area (Å²) in [6, 6.07) is -0.564. The predicted octanol–water partition coefficient (Wildman–Crippen LogP) is 4.95. The van der Waals surface area contributed by atoms with Crippen molar-refractivity contribution in [3.63, 3.8) is 0 Å². The van der Waals surface area contributed by atoms with Crippen LogP contribution in [0.4, 0.5) is 9.59 Å². The first kappa shape index (κ1) is 61.3. The number of aliphatic hydroxyl groups excluding tert-OH is 2. The highest BCUT2D eigenvalue weighted by molar-refractivity contribution is 5.94. The lowest BCUT2D eigenvalue weighted by Crippen LogP contribution is -2.57. The van der Waals surface area contributed by atoms with Gasteiger partial charge >= 0.3 is 18.2 Å². The highest BCUT2D eigenvalue weighted by atomic mass is 16.6. The van der Waals surface area contributed by atoms with Gasteiger partial charge in [0.2, 0.25) is 11.8 Å². The number of rotatable bonds is 18. The molecule has 6 atom stereocenters. The molecule has 2 aliphatic carbocycles. The number of carbonyl (C=O) groups excluding carboxylic acids is 7. The fourth-order valence-electron chi connectivity index (χ4n) is 10.6. The Kier molecular flexibility index (Phi) is 26.0. The summed E-state index contributed by atoms with van der Waals surface area (Å²) in [5.41, 5.74) is 3.58. The fraction of sp³-hybridized carbons (Fsp3) is 0.849. The maximum absolute atomic E-state index is 13.7. The number of hydrogen-bond acceptors (Lipinski definition) is 15. The summed E-state index contributed by atoms with van der Waals surface area (Å²) < 4.78 is 21.4. The zero-order valence-electron chi connectivity index (χ0n) is 44.1. The molecule has 0 spiro atoms. The molecule has 0 bridgehead atoms. The third-order valence-electron chi connectivity index (χ3n) is 15.6. The fourth-order valence-corrected chi connectivity index (χ4v) is 10.6. The van der Waals surface area contributed by atoms with Crippen LogP contribution in [-0.2, 0) is 47.7 Å². The van der Waals surface area contributed by atoms with E-state index in [1.54, 1.807) is 0 Å². The zero-order chi connectivity index (χ0) is 53.6. The van der Waals surface area contributed by atoms with Gasteiger partial charge in [0.25, 0.3) is 0 Å². The number of carbonyl (C=O) groups is 8. The summed E-state index contributed by atoms with van der Waals surface area (Å²) in [4.78, 5) is 98.6. The molecule has 4 amide bonds. The lowest BCUT2D eigenvalue weighted by Gasteiger charge is -2.38. The summed E-state index contributed by atoms with van der Waals surface area (Å²) in [7, 11) is 0. The molecule has 20 heteroatoms. The molecule has 0 unspecified atom stereocenters. The van der Waals surface area contributed by atoms with E-state index in [-0.39, 0.29) is 72.6 Å². The van der Waals surface area contributed by atoms with Crippen LogP contribution in [0.1, 0.15) is 175 Å². The smallest absolute Gasteiger partial charge is 0.408 e. The molecule has 4 aliphatic heterocycles. The van der Waals surface area contributed by atoms with Gasteiger partial charge in [0.05, 0.1) is 26.4 Å². The van der Waals surface area contributed by atoms with Gasteiger partial charge in [0.15, 0.2) is 17.3 Å². The first-order chi connectivity index (χ1) is 34.8. The van der Waals surface area contributed by atoms with E-state index in [2.05, 4.69) is 21.3 Å². The molecule has 6 fully saturated rings. The molecule has 416 valence electrons. The third-order valence-corrected chi connectivity index (χ3v) is 15.6. The van der Waals surface area contributed by atoms with Gasteiger partial charge in [0, 0.05) is 81.8 Å². The summed E-state index contributed by atoms with van der Waals surface area (Å²) >= 11 is 0. The number of ether oxygens (including phenoxy) is 4. The molecule has 4 saturated heterocycles. The molecule has 6 aliphatic rings. The standard InChI is InChI=1S/C27H44N2O7.C13H24N2O3.C13H21NO5/c1-18(2)21(24(32)22(30)16-19-8-4-7-13-28-25(19)33)17-23(31)27(11-5-3-6-12-27)29-26(34)36-20-9-14-35-15-10-20;1-8(2)11(14)12(17)10(16)7-9-5-3-4-6-15-13(9)18;15-11(16)13(6-2-1-3-7-13)14-12(17)19-10-4-8-18-9-5-10/h18-21,24,32H,3-17H2,1-2H3,(H,28,33)(H,29,34);8-9,11-12,17H,3-7,14H2,1-2H3,(H,15,18);10H,1-9H2,(H,14,17)(H,15,16)/t19-,21+,24-;9-,11+,12+;/m11./s1. The van der Waals surface area contributed by atoms with E-state index < -0.39 is 65.1 Å². The quantitative estimate of drug-likeness (QED) is 0.0901. The molecule has 0 aromatic heterocycles. The second kappa shape index (κ2) is 31.0. The Morgan fingerprint density at radius 3 is 1.42 bits per heavy atom. The number of aliphatic hydroxyl groups is 2. The number of hydrogen-bond donors (Lipinski definition) is 8. The van der Waals surface area contributed by atoms with Crippen molar-refractivity contribution in [3.8, 4) is 0 Å². The zero-order valence-corrected chi connectivity index (χ0v) is 44.1. The van der Waals surface area contributed by atoms with Crippen molar-refractivity contribution in [2.45, 2.75) is 217 Å². The van der Waals surface area contributed by atoms with Gasteiger partial charge in [-0.1, -0.05) is 79.1 Å². The summed E-state index contributed by atoms with van der Waals surface area (Å²) in [5.74, 6) is -3.50. The maximum atomic E-state index is 13.7. The first-order valence-electron chi connectivity index (χ1n) is 27.4. The van der Waals surface area contributed by atoms with Gasteiger partial charge < -0.3 is 61.3 Å². The van der Waals surface area contributed by atoms with Crippen molar-refractivity contribution in [2.75, 3.05) is 39.5 Å². The molecule has 0 aromatic rings. The van der Waals surface area contributed by atoms with Crippen LogP contribution < -0.4 is 27.0 Å². The van der Waals surface area contributed by atoms with Crippen LogP contribution >= 0.6 is 0 Å². The molecule has 0 aromatic carbocycles. The topological polar surface area (TPSA) is 308 Å². The number of carboxylic acids is 1. The summed E-state index contributed by atoms with van der Waals surface area (Å²) in [6.45, 7) is 11.0. The second-order valence-corrected chi connectivity index (χ2v) is 21.8. The molecule has 73 heavy (non-hydrogen) atoms. The number of ketones is 3. The van der Waals surface area contributed by atoms with Crippen molar-refractivity contribution >= 4 is 47.3 Å². The van der Waals surface area contributed by atoms with E-state index in [9.17, 15) is 53.7 Å². The normalized spacial score (nSPS) is 24.3. The van der Waals surface area contributed by atoms with E-state index in [1.165, 1.54) is 0 Å². The third kappa shape index (κ3) is 19.8. The van der Waals surface area contributed by atoms with Crippen molar-refractivity contribution in [2.24, 2.45) is 35.3 Å². The van der Waals surface area contributed by atoms with Gasteiger partial charge in [-0.05, 0) is 63.2 Å². The summed E-state index contributed by atoms with van der Waals surface area (Å²) in [6.07, 6.45) is 10.8. The molecule has 2 saturated carbocycles. The van der Waals surface area contributed by atoms with Gasteiger partial charge in [0.1, 0.15) is 35.5 Å². The number of nitrogens with one attached hydrogen (secondary N) is 4. The van der Waals surface area contributed by atoms with Gasteiger partial charge in [-0.25, -0.2) is 14.4 Å². The minimum absolute atomic E-state index is 0.0149. The molecule has 9 N–H and O–H groups in total. The number of Topliss-reactive ketones (excluding diaryl/α,β-unsaturated/α-hetero) is 3. The number of amides is 4. The van der Waals surface area contributed by atoms with Crippen molar-refractivity contribution in [1.82, 2.24) is 21.3 Å². The van der Waals surface area contributed by atoms with E-state index in [0.717, 1.165) is 64.2 Å².